The Kier molecular flexibility index (Phi) is 4.69. The van der Waals surface area contributed by atoms with Gasteiger partial charge in [-0.2, -0.15) is 0 Å². The molecule has 0 aliphatic rings. The van der Waals surface area contributed by atoms with Crippen LogP contribution in [0.25, 0.3) is 0 Å². The molecule has 0 amide bonds. The molecular formula is C12H21N3. The summed E-state index contributed by atoms with van der Waals surface area (Å²) in [5.41, 5.74) is 2.22. The van der Waals surface area contributed by atoms with E-state index in [0.717, 1.165) is 36.6 Å². The van der Waals surface area contributed by atoms with Crippen LogP contribution in [0, 0.1) is 6.92 Å². The van der Waals surface area contributed by atoms with Crippen LogP contribution >= 0.6 is 0 Å². The van der Waals surface area contributed by atoms with Crippen LogP contribution in [0.5, 0.6) is 0 Å². The van der Waals surface area contributed by atoms with E-state index in [2.05, 4.69) is 42.1 Å². The molecule has 0 saturated heterocycles. The van der Waals surface area contributed by atoms with Crippen molar-refractivity contribution in [2.45, 2.75) is 53.1 Å². The minimum atomic E-state index is 0.476. The average Bonchev–Trinajstić information content (AvgIpc) is 2.14. The average molecular weight is 207 g/mol. The molecule has 1 aromatic rings. The van der Waals surface area contributed by atoms with Gasteiger partial charge < -0.3 is 5.32 Å². The fourth-order valence-corrected chi connectivity index (χ4v) is 1.46. The fraction of sp³-hybridized carbons (Fsp3) is 0.667. The van der Waals surface area contributed by atoms with Gasteiger partial charge in [-0.05, 0) is 19.4 Å². The summed E-state index contributed by atoms with van der Waals surface area (Å²) in [4.78, 5) is 8.94. The van der Waals surface area contributed by atoms with E-state index >= 15 is 0 Å². The summed E-state index contributed by atoms with van der Waals surface area (Å²) >= 11 is 0. The van der Waals surface area contributed by atoms with E-state index < -0.39 is 0 Å². The van der Waals surface area contributed by atoms with Crippen molar-refractivity contribution in [2.75, 3.05) is 0 Å². The number of aromatic nitrogens is 2. The summed E-state index contributed by atoms with van der Waals surface area (Å²) in [6, 6.07) is 2.55. The summed E-state index contributed by atoms with van der Waals surface area (Å²) in [6.07, 6.45) is 2.17. The normalized spacial score (nSPS) is 11.0. The summed E-state index contributed by atoms with van der Waals surface area (Å²) in [7, 11) is 0. The summed E-state index contributed by atoms with van der Waals surface area (Å²) in [6.45, 7) is 9.21. The van der Waals surface area contributed by atoms with Gasteiger partial charge in [0, 0.05) is 17.4 Å². The maximum absolute atomic E-state index is 4.52. The van der Waals surface area contributed by atoms with Gasteiger partial charge in [-0.1, -0.05) is 27.2 Å². The quantitative estimate of drug-likeness (QED) is 0.804. The lowest BCUT2D eigenvalue weighted by atomic mass is 10.2. The van der Waals surface area contributed by atoms with Crippen molar-refractivity contribution in [1.82, 2.24) is 15.3 Å². The Balaban J connectivity index is 2.70. The number of hydrogen-bond acceptors (Lipinski definition) is 3. The maximum atomic E-state index is 4.52. The first kappa shape index (κ1) is 12.1. The predicted molar refractivity (Wildman–Crippen MR) is 62.7 cm³/mol. The number of rotatable bonds is 5. The second-order valence-electron chi connectivity index (χ2n) is 4.20. The molecule has 3 nitrogen and oxygen atoms in total. The summed E-state index contributed by atoms with van der Waals surface area (Å²) < 4.78 is 0. The zero-order valence-corrected chi connectivity index (χ0v) is 10.2. The molecule has 15 heavy (non-hydrogen) atoms. The van der Waals surface area contributed by atoms with Gasteiger partial charge in [-0.3, -0.25) is 0 Å². The van der Waals surface area contributed by atoms with Crippen LogP contribution in [0.3, 0.4) is 0 Å². The first-order valence-corrected chi connectivity index (χ1v) is 5.68. The van der Waals surface area contributed by atoms with Crippen molar-refractivity contribution in [1.29, 1.82) is 0 Å². The van der Waals surface area contributed by atoms with Crippen molar-refractivity contribution in [3.63, 3.8) is 0 Å². The zero-order valence-electron chi connectivity index (χ0n) is 10.2. The topological polar surface area (TPSA) is 37.8 Å². The molecule has 0 aromatic carbocycles. The Morgan fingerprint density at radius 1 is 1.33 bits per heavy atom. The standard InChI is InChI=1S/C12H21N3/c1-5-6-11-7-10(4)14-12(15-11)8-13-9(2)3/h7,9,13H,5-6,8H2,1-4H3. The Bertz CT molecular complexity index is 308. The maximum Gasteiger partial charge on any atom is 0.142 e. The molecule has 0 saturated carbocycles. The zero-order chi connectivity index (χ0) is 11.3. The van der Waals surface area contributed by atoms with Gasteiger partial charge in [0.2, 0.25) is 0 Å². The van der Waals surface area contributed by atoms with Crippen molar-refractivity contribution in [3.05, 3.63) is 23.3 Å². The molecule has 0 aliphatic carbocycles. The highest BCUT2D eigenvalue weighted by molar-refractivity contribution is 5.10. The van der Waals surface area contributed by atoms with E-state index in [-0.39, 0.29) is 0 Å². The van der Waals surface area contributed by atoms with Gasteiger partial charge in [0.1, 0.15) is 5.82 Å². The molecule has 0 unspecified atom stereocenters. The predicted octanol–water partition coefficient (Wildman–Crippen LogP) is 2.24. The monoisotopic (exact) mass is 207 g/mol. The second-order valence-corrected chi connectivity index (χ2v) is 4.20. The third-order valence-corrected chi connectivity index (χ3v) is 2.13. The van der Waals surface area contributed by atoms with Crippen LogP contribution in [-0.2, 0) is 13.0 Å². The van der Waals surface area contributed by atoms with E-state index in [0.29, 0.717) is 6.04 Å². The van der Waals surface area contributed by atoms with Gasteiger partial charge in [0.05, 0.1) is 6.54 Å². The van der Waals surface area contributed by atoms with E-state index in [9.17, 15) is 0 Å². The molecule has 1 rings (SSSR count). The second kappa shape index (κ2) is 5.81. The van der Waals surface area contributed by atoms with E-state index in [1.54, 1.807) is 0 Å². The number of nitrogens with zero attached hydrogens (tertiary/aromatic N) is 2. The molecule has 3 heteroatoms. The highest BCUT2D eigenvalue weighted by Crippen LogP contribution is 2.03. The molecule has 1 aromatic heterocycles. The molecule has 0 aliphatic heterocycles. The van der Waals surface area contributed by atoms with Crippen molar-refractivity contribution >= 4 is 0 Å². The minimum absolute atomic E-state index is 0.476. The van der Waals surface area contributed by atoms with E-state index in [1.807, 2.05) is 6.92 Å². The fourth-order valence-electron chi connectivity index (χ4n) is 1.46. The van der Waals surface area contributed by atoms with Gasteiger partial charge in [-0.25, -0.2) is 9.97 Å². The van der Waals surface area contributed by atoms with Gasteiger partial charge in [-0.15, -0.1) is 0 Å². The Hall–Kier alpha value is -0.960. The van der Waals surface area contributed by atoms with Crippen LogP contribution in [0.2, 0.25) is 0 Å². The molecule has 0 atom stereocenters. The lowest BCUT2D eigenvalue weighted by molar-refractivity contribution is 0.569. The largest absolute Gasteiger partial charge is 0.308 e. The molecule has 84 valence electrons. The third-order valence-electron chi connectivity index (χ3n) is 2.13. The SMILES string of the molecule is CCCc1cc(C)nc(CNC(C)C)n1. The molecule has 0 radical (unpaired) electrons. The number of hydrogen-bond donors (Lipinski definition) is 1. The number of aryl methyl sites for hydroxylation is 2. The van der Waals surface area contributed by atoms with E-state index in [4.69, 9.17) is 0 Å². The van der Waals surface area contributed by atoms with Crippen molar-refractivity contribution in [3.8, 4) is 0 Å². The molecule has 0 spiro atoms. The summed E-state index contributed by atoms with van der Waals surface area (Å²) in [5, 5.41) is 3.33. The van der Waals surface area contributed by atoms with Crippen molar-refractivity contribution in [2.24, 2.45) is 0 Å². The van der Waals surface area contributed by atoms with Crippen molar-refractivity contribution < 1.29 is 0 Å². The van der Waals surface area contributed by atoms with Gasteiger partial charge in [0.15, 0.2) is 0 Å². The van der Waals surface area contributed by atoms with Gasteiger partial charge in [0.25, 0.3) is 0 Å². The molecule has 0 bridgehead atoms. The van der Waals surface area contributed by atoms with Gasteiger partial charge >= 0.3 is 0 Å². The third kappa shape index (κ3) is 4.38. The molecule has 1 N–H and O–H groups in total. The van der Waals surface area contributed by atoms with Crippen LogP contribution < -0.4 is 5.32 Å². The number of nitrogens with one attached hydrogen (secondary N) is 1. The Labute approximate surface area is 92.3 Å². The van der Waals surface area contributed by atoms with Crippen LogP contribution in [0.4, 0.5) is 0 Å². The summed E-state index contributed by atoms with van der Waals surface area (Å²) in [5.74, 6) is 0.909. The highest BCUT2D eigenvalue weighted by Gasteiger charge is 2.02. The molecule has 1 heterocycles. The first-order chi connectivity index (χ1) is 7.11. The Morgan fingerprint density at radius 3 is 2.67 bits per heavy atom. The molecular weight excluding hydrogens is 186 g/mol. The van der Waals surface area contributed by atoms with Crippen LogP contribution in [0.1, 0.15) is 44.4 Å². The van der Waals surface area contributed by atoms with Crippen LogP contribution in [-0.4, -0.2) is 16.0 Å². The first-order valence-electron chi connectivity index (χ1n) is 5.68. The van der Waals surface area contributed by atoms with Crippen LogP contribution in [0.15, 0.2) is 6.07 Å². The lowest BCUT2D eigenvalue weighted by Crippen LogP contribution is -2.23. The lowest BCUT2D eigenvalue weighted by Gasteiger charge is -2.08. The minimum Gasteiger partial charge on any atom is -0.308 e. The highest BCUT2D eigenvalue weighted by atomic mass is 15.0. The Morgan fingerprint density at radius 2 is 2.07 bits per heavy atom. The van der Waals surface area contributed by atoms with E-state index in [1.165, 1.54) is 0 Å². The molecule has 0 fully saturated rings. The smallest absolute Gasteiger partial charge is 0.142 e.